The normalized spacial score (nSPS) is 20.9. The van der Waals surface area contributed by atoms with Crippen LogP contribution in [0.3, 0.4) is 0 Å². The predicted octanol–water partition coefficient (Wildman–Crippen LogP) is 3.09. The average Bonchev–Trinajstić information content (AvgIpc) is 3.83. The SMILES string of the molecule is O=C1CCC(NC(=O)c2ccc(N3CC(F)(CN4CCC(N5Cc6cc(NC(=O)c7cnn8cccnc78)c(OCC7CC7)cc6C5=O)CC4)C3)cc2F)C(=O)N1. The Balaban J connectivity index is 0.790. The molecule has 1 unspecified atom stereocenters. The summed E-state index contributed by atoms with van der Waals surface area (Å²) in [5, 5.41) is 11.8. The number of ether oxygens (including phenoxy) is 1. The number of fused-ring (bicyclic) bond motifs is 2. The first-order chi connectivity index (χ1) is 27.5. The fourth-order valence-corrected chi connectivity index (χ4v) is 8.21. The molecule has 3 N–H and O–H groups in total. The molecule has 1 aliphatic carbocycles. The van der Waals surface area contributed by atoms with Crippen molar-refractivity contribution in [3.05, 3.63) is 83.1 Å². The van der Waals surface area contributed by atoms with E-state index in [9.17, 15) is 24.0 Å². The van der Waals surface area contributed by atoms with Crippen LogP contribution < -0.4 is 25.6 Å². The molecule has 15 nitrogen and oxygen atoms in total. The first-order valence-corrected chi connectivity index (χ1v) is 19.3. The van der Waals surface area contributed by atoms with Gasteiger partial charge in [0, 0.05) is 62.3 Å². The van der Waals surface area contributed by atoms with Gasteiger partial charge < -0.3 is 25.2 Å². The van der Waals surface area contributed by atoms with Gasteiger partial charge in [-0.1, -0.05) is 0 Å². The van der Waals surface area contributed by atoms with Crippen LogP contribution in [-0.4, -0.2) is 111 Å². The lowest BCUT2D eigenvalue weighted by Crippen LogP contribution is -2.64. The van der Waals surface area contributed by atoms with E-state index < -0.39 is 35.2 Å². The van der Waals surface area contributed by atoms with Crippen molar-refractivity contribution in [2.45, 2.75) is 62.8 Å². The number of rotatable bonds is 11. The average molecular weight is 782 g/mol. The number of alkyl halides is 1. The molecule has 1 saturated carbocycles. The molecule has 1 atom stereocenters. The lowest BCUT2D eigenvalue weighted by Gasteiger charge is -2.49. The molecule has 2 aromatic carbocycles. The van der Waals surface area contributed by atoms with Crippen molar-refractivity contribution in [2.75, 3.05) is 49.5 Å². The van der Waals surface area contributed by atoms with E-state index in [0.29, 0.717) is 78.9 Å². The van der Waals surface area contributed by atoms with E-state index in [0.717, 1.165) is 18.4 Å². The van der Waals surface area contributed by atoms with Crippen molar-refractivity contribution in [3.8, 4) is 5.75 Å². The van der Waals surface area contributed by atoms with Gasteiger partial charge in [0.15, 0.2) is 11.3 Å². The minimum absolute atomic E-state index is 0.0398. The fraction of sp³-hybridized carbons (Fsp3) is 0.425. The number of hydrogen-bond acceptors (Lipinski definition) is 10. The summed E-state index contributed by atoms with van der Waals surface area (Å²) in [6.07, 6.45) is 8.50. The van der Waals surface area contributed by atoms with Crippen LogP contribution in [0.25, 0.3) is 5.65 Å². The highest BCUT2D eigenvalue weighted by Gasteiger charge is 2.46. The third kappa shape index (κ3) is 7.38. The number of hydrogen-bond donors (Lipinski definition) is 3. The van der Waals surface area contributed by atoms with E-state index in [-0.39, 0.29) is 55.9 Å². The van der Waals surface area contributed by atoms with Gasteiger partial charge in [0.25, 0.3) is 17.7 Å². The molecule has 2 aromatic heterocycles. The molecule has 6 heterocycles. The Morgan fingerprint density at radius 3 is 2.56 bits per heavy atom. The van der Waals surface area contributed by atoms with Crippen LogP contribution in [0.15, 0.2) is 55.0 Å². The quantitative estimate of drug-likeness (QED) is 0.192. The number of imide groups is 1. The third-order valence-electron chi connectivity index (χ3n) is 11.5. The standard InChI is InChI=1S/C40H41F2N9O6/c41-30-15-26(4-5-27(30)36(53)45-31-6-7-34(52)47-38(31)55)49-21-40(42,22-49)20-48-12-8-25(9-13-48)50-18-24-14-32(33(16-28(24)39(50)56)57-19-23-2-3-23)46-37(54)29-17-44-51-11-1-10-43-35(29)51/h1,4-5,10-11,14-17,23,25,31H,2-3,6-9,12-13,18-22H2,(H,45,53)(H,46,54)(H,47,52,55). The van der Waals surface area contributed by atoms with Gasteiger partial charge in [-0.25, -0.2) is 18.3 Å². The summed E-state index contributed by atoms with van der Waals surface area (Å²) in [4.78, 5) is 73.2. The van der Waals surface area contributed by atoms with Gasteiger partial charge in [0.2, 0.25) is 11.8 Å². The van der Waals surface area contributed by atoms with Gasteiger partial charge in [0.1, 0.15) is 23.2 Å². The fourth-order valence-electron chi connectivity index (χ4n) is 8.21. The summed E-state index contributed by atoms with van der Waals surface area (Å²) < 4.78 is 38.7. The molecule has 17 heteroatoms. The van der Waals surface area contributed by atoms with Crippen molar-refractivity contribution in [1.82, 2.24) is 35.0 Å². The van der Waals surface area contributed by atoms with E-state index in [2.05, 4.69) is 30.9 Å². The number of nitrogens with one attached hydrogen (secondary N) is 3. The molecule has 0 bridgehead atoms. The second-order valence-electron chi connectivity index (χ2n) is 15.7. The lowest BCUT2D eigenvalue weighted by atomic mass is 9.92. The van der Waals surface area contributed by atoms with Crippen molar-refractivity contribution in [1.29, 1.82) is 0 Å². The van der Waals surface area contributed by atoms with E-state index in [1.165, 1.54) is 22.8 Å². The lowest BCUT2D eigenvalue weighted by molar-refractivity contribution is -0.134. The Morgan fingerprint density at radius 2 is 1.81 bits per heavy atom. The molecular formula is C40H41F2N9O6. The monoisotopic (exact) mass is 781 g/mol. The van der Waals surface area contributed by atoms with Crippen LogP contribution in [0.1, 0.15) is 75.2 Å². The number of halogens is 2. The van der Waals surface area contributed by atoms with Gasteiger partial charge >= 0.3 is 0 Å². The summed E-state index contributed by atoms with van der Waals surface area (Å²) in [6, 6.07) is 8.38. The van der Waals surface area contributed by atoms with Crippen LogP contribution in [0.5, 0.6) is 5.75 Å². The molecule has 9 rings (SSSR count). The van der Waals surface area contributed by atoms with Crippen molar-refractivity contribution in [2.24, 2.45) is 5.92 Å². The second-order valence-corrected chi connectivity index (χ2v) is 15.7. The predicted molar refractivity (Wildman–Crippen MR) is 201 cm³/mol. The Labute approximate surface area is 325 Å². The molecule has 4 aliphatic heterocycles. The number of benzene rings is 2. The van der Waals surface area contributed by atoms with Crippen LogP contribution >= 0.6 is 0 Å². The summed E-state index contributed by atoms with van der Waals surface area (Å²) in [6.45, 7) is 2.42. The number of likely N-dealkylation sites (tertiary alicyclic amines) is 1. The van der Waals surface area contributed by atoms with Crippen LogP contribution in [0.2, 0.25) is 0 Å². The van der Waals surface area contributed by atoms with Gasteiger partial charge in [-0.15, -0.1) is 0 Å². The third-order valence-corrected chi connectivity index (χ3v) is 11.5. The first kappa shape index (κ1) is 36.7. The highest BCUT2D eigenvalue weighted by molar-refractivity contribution is 6.09. The van der Waals surface area contributed by atoms with Gasteiger partial charge in [-0.3, -0.25) is 34.2 Å². The zero-order valence-electron chi connectivity index (χ0n) is 31.0. The number of carbonyl (C=O) groups is 5. The van der Waals surface area contributed by atoms with Gasteiger partial charge in [-0.05, 0) is 80.0 Å². The number of anilines is 2. The second kappa shape index (κ2) is 14.5. The minimum Gasteiger partial charge on any atom is -0.491 e. The highest BCUT2D eigenvalue weighted by atomic mass is 19.1. The van der Waals surface area contributed by atoms with E-state index >= 15 is 8.78 Å². The maximum atomic E-state index is 15.9. The molecule has 4 fully saturated rings. The number of amides is 5. The zero-order chi connectivity index (χ0) is 39.4. The molecule has 4 aromatic rings. The summed E-state index contributed by atoms with van der Waals surface area (Å²) in [5.41, 5.74) is 1.26. The topological polar surface area (TPSA) is 171 Å². The maximum Gasteiger partial charge on any atom is 0.261 e. The van der Waals surface area contributed by atoms with Crippen LogP contribution in [-0.2, 0) is 16.1 Å². The largest absolute Gasteiger partial charge is 0.491 e. The number of piperidine rings is 2. The summed E-state index contributed by atoms with van der Waals surface area (Å²) >= 11 is 0. The molecule has 0 spiro atoms. The van der Waals surface area contributed by atoms with Crippen molar-refractivity contribution >= 4 is 46.6 Å². The Hall–Kier alpha value is -5.97. The van der Waals surface area contributed by atoms with E-state index in [1.807, 2.05) is 11.0 Å². The molecule has 5 aliphatic rings. The number of aromatic nitrogens is 3. The van der Waals surface area contributed by atoms with Crippen LogP contribution in [0, 0.1) is 11.7 Å². The molecule has 0 radical (unpaired) electrons. The molecule has 296 valence electrons. The molecular weight excluding hydrogens is 740 g/mol. The number of nitrogens with zero attached hydrogens (tertiary/aromatic N) is 6. The van der Waals surface area contributed by atoms with Gasteiger partial charge in [0.05, 0.1) is 37.1 Å². The molecule has 57 heavy (non-hydrogen) atoms. The first-order valence-electron chi connectivity index (χ1n) is 19.3. The molecule has 5 amide bonds. The van der Waals surface area contributed by atoms with E-state index in [4.69, 9.17) is 4.74 Å². The van der Waals surface area contributed by atoms with Crippen molar-refractivity contribution in [3.63, 3.8) is 0 Å². The number of carbonyl (C=O) groups excluding carboxylic acids is 5. The van der Waals surface area contributed by atoms with Crippen LogP contribution in [0.4, 0.5) is 20.2 Å². The maximum absolute atomic E-state index is 15.9. The highest BCUT2D eigenvalue weighted by Crippen LogP contribution is 2.39. The zero-order valence-corrected chi connectivity index (χ0v) is 31.0. The smallest absolute Gasteiger partial charge is 0.261 e. The molecule has 3 saturated heterocycles. The Bertz CT molecular complexity index is 2300. The van der Waals surface area contributed by atoms with E-state index in [1.54, 1.807) is 35.5 Å². The van der Waals surface area contributed by atoms with Gasteiger partial charge in [-0.2, -0.15) is 5.10 Å². The van der Waals surface area contributed by atoms with Crippen molar-refractivity contribution < 1.29 is 37.5 Å². The summed E-state index contributed by atoms with van der Waals surface area (Å²) in [7, 11) is 0. The Morgan fingerprint density at radius 1 is 1.00 bits per heavy atom. The summed E-state index contributed by atoms with van der Waals surface area (Å²) in [5.74, 6) is -2.18. The Kier molecular flexibility index (Phi) is 9.33. The minimum atomic E-state index is -1.51.